The first-order chi connectivity index (χ1) is 15.4. The molecular formula is C24H24ClFN4O3. The fourth-order valence-electron chi connectivity index (χ4n) is 5.13. The summed E-state index contributed by atoms with van der Waals surface area (Å²) in [5.41, 5.74) is 1.97. The molecule has 1 aliphatic carbocycles. The zero-order valence-corrected chi connectivity index (χ0v) is 18.8. The van der Waals surface area contributed by atoms with E-state index in [-0.39, 0.29) is 42.5 Å². The van der Waals surface area contributed by atoms with Crippen molar-refractivity contribution in [1.29, 1.82) is 5.26 Å². The van der Waals surface area contributed by atoms with E-state index in [1.165, 1.54) is 17.9 Å². The molecule has 2 aliphatic heterocycles. The maximum Gasteiger partial charge on any atom is 0.414 e. The molecule has 2 aromatic carbocycles. The standard InChI is InChI=1S/C24H23FN4O3.ClH/c1-14(30)28-9-18-12-29(23(31)32-18)17-5-2-15(3-6-17)16-4-7-19(22(25)8-16)24(13-26)20-10-27-11-21(20)24;/h2-8,18,20-21,27H,9-12H2,1H3,(H,28,30);1H/t18-,20?,21?,24?;/m0./s1. The van der Waals surface area contributed by atoms with Gasteiger partial charge in [-0.25, -0.2) is 9.18 Å². The highest BCUT2D eigenvalue weighted by molar-refractivity contribution is 5.90. The van der Waals surface area contributed by atoms with E-state index >= 15 is 4.39 Å². The van der Waals surface area contributed by atoms with Crippen molar-refractivity contribution in [2.75, 3.05) is 31.1 Å². The summed E-state index contributed by atoms with van der Waals surface area (Å²) in [6.07, 6.45) is -0.868. The highest BCUT2D eigenvalue weighted by Crippen LogP contribution is 2.61. The number of nitrogens with one attached hydrogen (secondary N) is 2. The number of hydrogen-bond acceptors (Lipinski definition) is 5. The molecule has 2 N–H and O–H groups in total. The number of amides is 2. The number of hydrogen-bond donors (Lipinski definition) is 2. The lowest BCUT2D eigenvalue weighted by atomic mass is 9.90. The largest absolute Gasteiger partial charge is 0.442 e. The van der Waals surface area contributed by atoms with Crippen LogP contribution in [-0.2, 0) is 14.9 Å². The van der Waals surface area contributed by atoms with Crippen molar-refractivity contribution in [3.05, 3.63) is 53.8 Å². The molecule has 0 aromatic heterocycles. The van der Waals surface area contributed by atoms with Crippen molar-refractivity contribution < 1.29 is 18.7 Å². The smallest absolute Gasteiger partial charge is 0.414 e. The first kappa shape index (κ1) is 23.0. The minimum absolute atomic E-state index is 0. The van der Waals surface area contributed by atoms with Gasteiger partial charge in [0.25, 0.3) is 0 Å². The molecule has 3 aliphatic rings. The van der Waals surface area contributed by atoms with Crippen molar-refractivity contribution in [2.24, 2.45) is 11.8 Å². The summed E-state index contributed by atoms with van der Waals surface area (Å²) >= 11 is 0. The molecular weight excluding hydrogens is 447 g/mol. The highest BCUT2D eigenvalue weighted by Gasteiger charge is 2.68. The zero-order valence-electron chi connectivity index (χ0n) is 18.0. The number of nitrogens with zero attached hydrogens (tertiary/aromatic N) is 2. The van der Waals surface area contributed by atoms with Crippen LogP contribution < -0.4 is 15.5 Å². The lowest BCUT2D eigenvalue weighted by molar-refractivity contribution is -0.119. The maximum atomic E-state index is 15.0. The van der Waals surface area contributed by atoms with E-state index in [9.17, 15) is 14.9 Å². The van der Waals surface area contributed by atoms with E-state index in [2.05, 4.69) is 16.7 Å². The minimum atomic E-state index is -0.707. The van der Waals surface area contributed by atoms with Gasteiger partial charge in [0.2, 0.25) is 5.91 Å². The SMILES string of the molecule is CC(=O)NC[C@H]1CN(c2ccc(-c3ccc(C4(C#N)C5CNCC54)c(F)c3)cc2)C(=O)O1.Cl. The number of ether oxygens (including phenoxy) is 1. The van der Waals surface area contributed by atoms with E-state index in [0.29, 0.717) is 23.4 Å². The molecule has 172 valence electrons. The van der Waals surface area contributed by atoms with Crippen molar-refractivity contribution in [1.82, 2.24) is 10.6 Å². The topological polar surface area (TPSA) is 94.5 Å². The number of rotatable bonds is 5. The lowest BCUT2D eigenvalue weighted by Crippen LogP contribution is -2.33. The van der Waals surface area contributed by atoms with Crippen LogP contribution in [0, 0.1) is 29.0 Å². The van der Waals surface area contributed by atoms with E-state index in [1.807, 2.05) is 18.2 Å². The Hall–Kier alpha value is -3.15. The normalized spacial score (nSPS) is 27.2. The number of halogens is 2. The van der Waals surface area contributed by atoms with Crippen LogP contribution in [0.5, 0.6) is 0 Å². The molecule has 7 nitrogen and oxygen atoms in total. The number of fused-ring (bicyclic) bond motifs is 1. The summed E-state index contributed by atoms with van der Waals surface area (Å²) in [5.74, 6) is -0.167. The van der Waals surface area contributed by atoms with Crippen LogP contribution in [0.1, 0.15) is 12.5 Å². The van der Waals surface area contributed by atoms with Gasteiger partial charge >= 0.3 is 6.09 Å². The second kappa shape index (κ2) is 8.65. The predicted molar refractivity (Wildman–Crippen MR) is 123 cm³/mol. The number of nitriles is 1. The average Bonchev–Trinajstić information content (AvgIpc) is 3.11. The molecule has 0 bridgehead atoms. The molecule has 2 amide bonds. The summed E-state index contributed by atoms with van der Waals surface area (Å²) in [5, 5.41) is 15.7. The first-order valence-electron chi connectivity index (χ1n) is 10.7. The molecule has 5 rings (SSSR count). The molecule has 2 unspecified atom stereocenters. The average molecular weight is 471 g/mol. The van der Waals surface area contributed by atoms with Crippen molar-refractivity contribution in [2.45, 2.75) is 18.4 Å². The van der Waals surface area contributed by atoms with Crippen LogP contribution in [0.2, 0.25) is 0 Å². The Morgan fingerprint density at radius 2 is 1.91 bits per heavy atom. The van der Waals surface area contributed by atoms with Gasteiger partial charge < -0.3 is 15.4 Å². The Labute approximate surface area is 197 Å². The zero-order chi connectivity index (χ0) is 22.5. The number of carbonyl (C=O) groups is 2. The number of piperidine rings is 1. The van der Waals surface area contributed by atoms with Gasteiger partial charge in [-0.15, -0.1) is 12.4 Å². The van der Waals surface area contributed by atoms with Gasteiger partial charge in [-0.05, 0) is 29.3 Å². The number of carbonyl (C=O) groups excluding carboxylic acids is 2. The molecule has 2 saturated heterocycles. The van der Waals surface area contributed by atoms with Crippen LogP contribution in [-0.4, -0.2) is 44.3 Å². The molecule has 0 radical (unpaired) electrons. The van der Waals surface area contributed by atoms with Crippen molar-refractivity contribution >= 4 is 30.1 Å². The number of benzene rings is 2. The summed E-state index contributed by atoms with van der Waals surface area (Å²) in [4.78, 5) is 24.8. The Morgan fingerprint density at radius 3 is 2.52 bits per heavy atom. The van der Waals surface area contributed by atoms with E-state index < -0.39 is 17.6 Å². The fourth-order valence-corrected chi connectivity index (χ4v) is 5.13. The fraction of sp³-hybridized carbons (Fsp3) is 0.375. The molecule has 2 aromatic rings. The third kappa shape index (κ3) is 3.81. The second-order valence-electron chi connectivity index (χ2n) is 8.65. The van der Waals surface area contributed by atoms with Crippen LogP contribution in [0.15, 0.2) is 42.5 Å². The van der Waals surface area contributed by atoms with E-state index in [0.717, 1.165) is 18.7 Å². The van der Waals surface area contributed by atoms with Crippen LogP contribution in [0.4, 0.5) is 14.9 Å². The highest BCUT2D eigenvalue weighted by atomic mass is 35.5. The van der Waals surface area contributed by atoms with Crippen LogP contribution in [0.3, 0.4) is 0 Å². The van der Waals surface area contributed by atoms with Crippen LogP contribution in [0.25, 0.3) is 11.1 Å². The number of anilines is 1. The monoisotopic (exact) mass is 470 g/mol. The molecule has 3 fully saturated rings. The maximum absolute atomic E-state index is 15.0. The Kier molecular flexibility index (Phi) is 6.04. The van der Waals surface area contributed by atoms with Gasteiger partial charge in [-0.3, -0.25) is 9.69 Å². The molecule has 3 atom stereocenters. The van der Waals surface area contributed by atoms with Crippen LogP contribution >= 0.6 is 12.4 Å². The summed E-state index contributed by atoms with van der Waals surface area (Å²) in [6, 6.07) is 14.7. The quantitative estimate of drug-likeness (QED) is 0.700. The van der Waals surface area contributed by atoms with Gasteiger partial charge in [0.05, 0.1) is 24.6 Å². The third-order valence-electron chi connectivity index (χ3n) is 6.84. The molecule has 9 heteroatoms. The summed E-state index contributed by atoms with van der Waals surface area (Å²) in [7, 11) is 0. The number of cyclic esters (lactones) is 1. The van der Waals surface area contributed by atoms with E-state index in [4.69, 9.17) is 4.74 Å². The molecule has 33 heavy (non-hydrogen) atoms. The van der Waals surface area contributed by atoms with Gasteiger partial charge in [-0.2, -0.15) is 5.26 Å². The first-order valence-corrected chi connectivity index (χ1v) is 10.7. The predicted octanol–water partition coefficient (Wildman–Crippen LogP) is 2.99. The third-order valence-corrected chi connectivity index (χ3v) is 6.84. The Balaban J connectivity index is 0.00000259. The summed E-state index contributed by atoms with van der Waals surface area (Å²) < 4.78 is 20.3. The van der Waals surface area contributed by atoms with Crippen molar-refractivity contribution in [3.63, 3.8) is 0 Å². The Morgan fingerprint density at radius 1 is 1.24 bits per heavy atom. The minimum Gasteiger partial charge on any atom is -0.442 e. The van der Waals surface area contributed by atoms with E-state index in [1.54, 1.807) is 18.2 Å². The summed E-state index contributed by atoms with van der Waals surface area (Å²) in [6.45, 7) is 3.53. The van der Waals surface area contributed by atoms with Gasteiger partial charge in [0.15, 0.2) is 0 Å². The Bertz CT molecular complexity index is 1120. The lowest BCUT2D eigenvalue weighted by Gasteiger charge is -2.16. The molecule has 1 saturated carbocycles. The van der Waals surface area contributed by atoms with Crippen molar-refractivity contribution in [3.8, 4) is 17.2 Å². The van der Waals surface area contributed by atoms with Gasteiger partial charge in [0, 0.05) is 43.1 Å². The van der Waals surface area contributed by atoms with Gasteiger partial charge in [0.1, 0.15) is 11.9 Å². The second-order valence-corrected chi connectivity index (χ2v) is 8.65. The molecule has 0 spiro atoms. The van der Waals surface area contributed by atoms with Gasteiger partial charge in [-0.1, -0.05) is 24.3 Å². The molecule has 2 heterocycles.